The van der Waals surface area contributed by atoms with Gasteiger partial charge in [-0.1, -0.05) is 74.9 Å². The van der Waals surface area contributed by atoms with E-state index in [1.54, 1.807) is 7.11 Å². The van der Waals surface area contributed by atoms with Gasteiger partial charge in [0.15, 0.2) is 0 Å². The molecule has 2 fully saturated rings. The van der Waals surface area contributed by atoms with Crippen molar-refractivity contribution in [1.29, 1.82) is 0 Å². The van der Waals surface area contributed by atoms with Gasteiger partial charge in [-0.15, -0.1) is 0 Å². The fourth-order valence-electron chi connectivity index (χ4n) is 7.68. The third-order valence-electron chi connectivity index (χ3n) is 9.61. The number of aliphatic hydroxyl groups excluding tert-OH is 1. The van der Waals surface area contributed by atoms with Gasteiger partial charge in [0.05, 0.1) is 20.8 Å². The van der Waals surface area contributed by atoms with Crippen LogP contribution in [-0.4, -0.2) is 19.3 Å². The topological polar surface area (TPSA) is 38.7 Å². The van der Waals surface area contributed by atoms with Gasteiger partial charge in [-0.3, -0.25) is 0 Å². The van der Waals surface area contributed by atoms with E-state index in [2.05, 4.69) is 48.5 Å². The third kappa shape index (κ3) is 4.64. The molecule has 0 amide bonds. The average molecular weight is 511 g/mol. The number of benzene rings is 3. The highest BCUT2D eigenvalue weighted by atomic mass is 16.5. The predicted octanol–water partition coefficient (Wildman–Crippen LogP) is 8.38. The molecule has 3 aliphatic rings. The van der Waals surface area contributed by atoms with Crippen molar-refractivity contribution in [3.05, 3.63) is 93.0 Å². The van der Waals surface area contributed by atoms with E-state index >= 15 is 0 Å². The summed E-state index contributed by atoms with van der Waals surface area (Å²) in [5.74, 6) is 3.20. The average Bonchev–Trinajstić information content (AvgIpc) is 2.99. The summed E-state index contributed by atoms with van der Waals surface area (Å²) >= 11 is 0. The first-order valence-electron chi connectivity index (χ1n) is 14.8. The Morgan fingerprint density at radius 1 is 0.632 bits per heavy atom. The summed E-state index contributed by atoms with van der Waals surface area (Å²) in [6, 6.07) is 18.1. The molecule has 1 atom stereocenters. The van der Waals surface area contributed by atoms with Crippen LogP contribution < -0.4 is 9.47 Å². The van der Waals surface area contributed by atoms with Gasteiger partial charge in [-0.05, 0) is 95.0 Å². The fraction of sp³-hybridized carbons (Fsp3) is 0.486. The highest BCUT2D eigenvalue weighted by Crippen LogP contribution is 2.49. The number of rotatable bonds is 6. The summed E-state index contributed by atoms with van der Waals surface area (Å²) in [5.41, 5.74) is 10.5. The smallest absolute Gasteiger partial charge is 0.123 e. The molecule has 6 rings (SSSR count). The highest BCUT2D eigenvalue weighted by Gasteiger charge is 2.33. The van der Waals surface area contributed by atoms with E-state index in [4.69, 9.17) is 9.47 Å². The molecule has 0 saturated heterocycles. The summed E-state index contributed by atoms with van der Waals surface area (Å²) in [5, 5.41) is 10.4. The second-order valence-electron chi connectivity index (χ2n) is 11.7. The quantitative estimate of drug-likeness (QED) is 0.283. The van der Waals surface area contributed by atoms with Gasteiger partial charge < -0.3 is 14.6 Å². The van der Waals surface area contributed by atoms with Crippen molar-refractivity contribution < 1.29 is 14.6 Å². The first kappa shape index (κ1) is 25.5. The van der Waals surface area contributed by atoms with Crippen LogP contribution in [0.4, 0.5) is 0 Å². The van der Waals surface area contributed by atoms with Crippen molar-refractivity contribution >= 4 is 0 Å². The first-order valence-corrected chi connectivity index (χ1v) is 14.8. The molecule has 0 spiro atoms. The van der Waals surface area contributed by atoms with Crippen LogP contribution in [0, 0.1) is 0 Å². The molecule has 3 aliphatic carbocycles. The van der Waals surface area contributed by atoms with Gasteiger partial charge in [0, 0.05) is 11.5 Å². The van der Waals surface area contributed by atoms with Crippen molar-refractivity contribution in [1.82, 2.24) is 0 Å². The molecule has 0 aliphatic heterocycles. The lowest BCUT2D eigenvalue weighted by molar-refractivity contribution is 0.278. The summed E-state index contributed by atoms with van der Waals surface area (Å²) in [6.45, 7) is 0.106. The van der Waals surface area contributed by atoms with Gasteiger partial charge in [0.1, 0.15) is 11.5 Å². The lowest BCUT2D eigenvalue weighted by Crippen LogP contribution is -2.19. The molecule has 1 unspecified atom stereocenters. The third-order valence-corrected chi connectivity index (χ3v) is 9.61. The Bertz CT molecular complexity index is 1210. The molecule has 1 N–H and O–H groups in total. The van der Waals surface area contributed by atoms with Crippen molar-refractivity contribution in [2.24, 2.45) is 0 Å². The van der Waals surface area contributed by atoms with E-state index in [0.29, 0.717) is 11.8 Å². The van der Waals surface area contributed by atoms with Crippen LogP contribution in [0.25, 0.3) is 0 Å². The maximum absolute atomic E-state index is 10.4. The van der Waals surface area contributed by atoms with E-state index in [1.165, 1.54) is 103 Å². The van der Waals surface area contributed by atoms with Gasteiger partial charge in [0.25, 0.3) is 0 Å². The molecule has 200 valence electrons. The highest BCUT2D eigenvalue weighted by molar-refractivity contribution is 5.62. The molecular formula is C35H42O3. The van der Waals surface area contributed by atoms with Crippen LogP contribution in [0.2, 0.25) is 0 Å². The Kier molecular flexibility index (Phi) is 7.48. The zero-order valence-corrected chi connectivity index (χ0v) is 23.1. The summed E-state index contributed by atoms with van der Waals surface area (Å²) in [6.07, 6.45) is 13.7. The standard InChI is InChI=1S/C35H42O3/c1-37-33-16-10-9-15-28(33)35-31-20-29(23-11-5-3-6-12-23)27(22-36)18-25(31)17-26-19-34(38-2)30(21-32(26)35)24-13-7-4-8-14-24/h9-10,15-16,18-21,23-24,35-36H,3-8,11-14,17,22H2,1-2H3. The van der Waals surface area contributed by atoms with Crippen LogP contribution >= 0.6 is 0 Å². The number of fused-ring (bicyclic) bond motifs is 2. The monoisotopic (exact) mass is 510 g/mol. The molecule has 0 radical (unpaired) electrons. The second kappa shape index (κ2) is 11.1. The normalized spacial score (nSPS) is 20.0. The molecule has 38 heavy (non-hydrogen) atoms. The Morgan fingerprint density at radius 2 is 1.21 bits per heavy atom. The molecule has 3 heteroatoms. The molecule has 2 saturated carbocycles. The minimum absolute atomic E-state index is 0.105. The number of ether oxygens (including phenoxy) is 2. The molecular weight excluding hydrogens is 468 g/mol. The van der Waals surface area contributed by atoms with Crippen LogP contribution in [-0.2, 0) is 13.0 Å². The summed E-state index contributed by atoms with van der Waals surface area (Å²) < 4.78 is 12.0. The van der Waals surface area contributed by atoms with Crippen LogP contribution in [0.5, 0.6) is 11.5 Å². The zero-order valence-electron chi connectivity index (χ0n) is 23.1. The molecule has 0 bridgehead atoms. The van der Waals surface area contributed by atoms with Crippen LogP contribution in [0.15, 0.2) is 48.5 Å². The number of methoxy groups -OCH3 is 2. The van der Waals surface area contributed by atoms with E-state index in [-0.39, 0.29) is 12.5 Å². The van der Waals surface area contributed by atoms with Gasteiger partial charge >= 0.3 is 0 Å². The Morgan fingerprint density at radius 3 is 1.84 bits per heavy atom. The number of hydrogen-bond donors (Lipinski definition) is 1. The fourth-order valence-corrected chi connectivity index (χ4v) is 7.68. The van der Waals surface area contributed by atoms with E-state index in [0.717, 1.165) is 23.5 Å². The lowest BCUT2D eigenvalue weighted by Gasteiger charge is -2.34. The largest absolute Gasteiger partial charge is 0.496 e. The van der Waals surface area contributed by atoms with Crippen LogP contribution in [0.3, 0.4) is 0 Å². The molecule has 0 aromatic heterocycles. The number of aliphatic hydroxyl groups is 1. The molecule has 3 aromatic carbocycles. The summed E-state index contributed by atoms with van der Waals surface area (Å²) in [4.78, 5) is 0. The zero-order chi connectivity index (χ0) is 26.1. The van der Waals surface area contributed by atoms with E-state index < -0.39 is 0 Å². The predicted molar refractivity (Wildman–Crippen MR) is 154 cm³/mol. The van der Waals surface area contributed by atoms with Crippen molar-refractivity contribution in [3.8, 4) is 11.5 Å². The molecule has 0 heterocycles. The maximum Gasteiger partial charge on any atom is 0.123 e. The van der Waals surface area contributed by atoms with Gasteiger partial charge in [-0.2, -0.15) is 0 Å². The van der Waals surface area contributed by atoms with E-state index in [9.17, 15) is 5.11 Å². The SMILES string of the molecule is COc1cc2c(cc1C1CCCCC1)C(c1ccccc1OC)c1cc(C3CCCCC3)c(CO)cc1C2. The minimum Gasteiger partial charge on any atom is -0.496 e. The van der Waals surface area contributed by atoms with Gasteiger partial charge in [0.2, 0.25) is 0 Å². The van der Waals surface area contributed by atoms with Gasteiger partial charge in [-0.25, -0.2) is 0 Å². The molecule has 3 aromatic rings. The van der Waals surface area contributed by atoms with Crippen molar-refractivity contribution in [2.45, 2.75) is 95.0 Å². The maximum atomic E-state index is 10.4. The Labute approximate surface area is 228 Å². The minimum atomic E-state index is 0.105. The first-order chi connectivity index (χ1) is 18.7. The Hall–Kier alpha value is -2.78. The van der Waals surface area contributed by atoms with Crippen molar-refractivity contribution in [2.75, 3.05) is 14.2 Å². The van der Waals surface area contributed by atoms with E-state index in [1.807, 2.05) is 7.11 Å². The second-order valence-corrected chi connectivity index (χ2v) is 11.7. The van der Waals surface area contributed by atoms with Crippen molar-refractivity contribution in [3.63, 3.8) is 0 Å². The Balaban J connectivity index is 1.56. The number of para-hydroxylation sites is 1. The number of hydrogen-bond acceptors (Lipinski definition) is 3. The van der Waals surface area contributed by atoms with Crippen LogP contribution in [0.1, 0.15) is 126 Å². The summed E-state index contributed by atoms with van der Waals surface area (Å²) in [7, 11) is 3.61. The molecule has 3 nitrogen and oxygen atoms in total. The lowest BCUT2D eigenvalue weighted by atomic mass is 9.70.